The molecule has 102 valence electrons. The monoisotopic (exact) mass is 494 g/mol. The smallest absolute Gasteiger partial charge is 0.269 e. The van der Waals surface area contributed by atoms with E-state index < -0.39 is 4.92 Å². The fourth-order valence-corrected chi connectivity index (χ4v) is 3.38. The number of nitro groups is 1. The zero-order valence-electron chi connectivity index (χ0n) is 9.96. The molecule has 0 spiro atoms. The zero-order valence-corrected chi connectivity index (χ0v) is 14.3. The van der Waals surface area contributed by atoms with Gasteiger partial charge in [-0.2, -0.15) is 0 Å². The first-order valence-electron chi connectivity index (χ1n) is 5.44. The Kier molecular flexibility index (Phi) is 4.91. The quantitative estimate of drug-likeness (QED) is 0.300. The molecule has 20 heavy (non-hydrogen) atoms. The number of halogens is 2. The summed E-state index contributed by atoms with van der Waals surface area (Å²) in [4.78, 5) is 14.3. The molecule has 0 unspecified atom stereocenters. The number of benzene rings is 2. The third-order valence-corrected chi connectivity index (χ3v) is 3.92. The molecule has 5 nitrogen and oxygen atoms in total. The summed E-state index contributed by atoms with van der Waals surface area (Å²) in [6.07, 6.45) is 1.54. The molecule has 0 heterocycles. The molecule has 0 bridgehead atoms. The van der Waals surface area contributed by atoms with Crippen molar-refractivity contribution in [2.24, 2.45) is 4.99 Å². The van der Waals surface area contributed by atoms with Gasteiger partial charge in [-0.05, 0) is 69.4 Å². The van der Waals surface area contributed by atoms with Crippen molar-refractivity contribution in [2.75, 3.05) is 0 Å². The lowest BCUT2D eigenvalue weighted by molar-refractivity contribution is -0.384. The lowest BCUT2D eigenvalue weighted by atomic mass is 10.2. The van der Waals surface area contributed by atoms with Gasteiger partial charge >= 0.3 is 0 Å². The van der Waals surface area contributed by atoms with Crippen LogP contribution in [-0.4, -0.2) is 16.2 Å². The van der Waals surface area contributed by atoms with E-state index in [-0.39, 0.29) is 11.4 Å². The Labute approximate surface area is 142 Å². The summed E-state index contributed by atoms with van der Waals surface area (Å²) in [6.45, 7) is 0. The van der Waals surface area contributed by atoms with Gasteiger partial charge in [-0.25, -0.2) is 0 Å². The minimum absolute atomic E-state index is 0.0237. The minimum atomic E-state index is -0.457. The highest BCUT2D eigenvalue weighted by Crippen LogP contribution is 2.26. The van der Waals surface area contributed by atoms with Crippen LogP contribution in [0, 0.1) is 17.3 Å². The van der Waals surface area contributed by atoms with Crippen LogP contribution in [0.2, 0.25) is 0 Å². The topological polar surface area (TPSA) is 75.7 Å². The Morgan fingerprint density at radius 3 is 2.45 bits per heavy atom. The van der Waals surface area contributed by atoms with E-state index in [0.29, 0.717) is 11.3 Å². The van der Waals surface area contributed by atoms with Gasteiger partial charge in [-0.1, -0.05) is 0 Å². The van der Waals surface area contributed by atoms with Gasteiger partial charge < -0.3 is 5.11 Å². The molecule has 0 saturated carbocycles. The Bertz CT molecular complexity index is 685. The van der Waals surface area contributed by atoms with E-state index in [9.17, 15) is 15.2 Å². The number of non-ortho nitro benzene ring substituents is 1. The van der Waals surface area contributed by atoms with Crippen LogP contribution in [0.1, 0.15) is 5.56 Å². The number of phenolic OH excluding ortho intramolecular Hbond substituents is 1. The molecule has 0 radical (unpaired) electrons. The van der Waals surface area contributed by atoms with Crippen LogP contribution in [0.3, 0.4) is 0 Å². The molecule has 2 rings (SSSR count). The van der Waals surface area contributed by atoms with Crippen molar-refractivity contribution in [3.8, 4) is 5.75 Å². The Morgan fingerprint density at radius 1 is 1.20 bits per heavy atom. The van der Waals surface area contributed by atoms with Gasteiger partial charge in [0.2, 0.25) is 0 Å². The van der Waals surface area contributed by atoms with E-state index in [1.54, 1.807) is 18.3 Å². The highest BCUT2D eigenvalue weighted by molar-refractivity contribution is 14.1. The molecule has 0 aliphatic rings. The van der Waals surface area contributed by atoms with Gasteiger partial charge in [0.1, 0.15) is 5.75 Å². The van der Waals surface area contributed by atoms with Gasteiger partial charge in [0.25, 0.3) is 5.69 Å². The standard InChI is InChI=1S/C13H8I2N2O3/c14-9-5-8(13(18)12(15)6-9)7-16-10-1-3-11(4-2-10)17(19)20/h1-7,18H. The van der Waals surface area contributed by atoms with Gasteiger partial charge in [-0.3, -0.25) is 15.1 Å². The summed E-state index contributed by atoms with van der Waals surface area (Å²) < 4.78 is 1.74. The van der Waals surface area contributed by atoms with Crippen molar-refractivity contribution >= 4 is 62.8 Å². The minimum Gasteiger partial charge on any atom is -0.506 e. The van der Waals surface area contributed by atoms with E-state index in [0.717, 1.165) is 7.14 Å². The second kappa shape index (κ2) is 6.48. The average molecular weight is 494 g/mol. The van der Waals surface area contributed by atoms with E-state index in [2.05, 4.69) is 50.2 Å². The van der Waals surface area contributed by atoms with Crippen molar-refractivity contribution in [1.82, 2.24) is 0 Å². The summed E-state index contributed by atoms with van der Waals surface area (Å²) >= 11 is 4.21. The van der Waals surface area contributed by atoms with Crippen molar-refractivity contribution < 1.29 is 10.0 Å². The second-order valence-corrected chi connectivity index (χ2v) is 6.26. The number of hydrogen-bond acceptors (Lipinski definition) is 4. The van der Waals surface area contributed by atoms with E-state index in [1.807, 2.05) is 12.1 Å². The summed E-state index contributed by atoms with van der Waals surface area (Å²) in [6, 6.07) is 9.58. The van der Waals surface area contributed by atoms with Crippen LogP contribution >= 0.6 is 45.2 Å². The fraction of sp³-hybridized carbons (Fsp3) is 0. The molecular formula is C13H8I2N2O3. The average Bonchev–Trinajstić information content (AvgIpc) is 2.41. The zero-order chi connectivity index (χ0) is 14.7. The molecule has 0 fully saturated rings. The Hall–Kier alpha value is -1.23. The Balaban J connectivity index is 2.27. The lowest BCUT2D eigenvalue weighted by Gasteiger charge is -2.02. The maximum absolute atomic E-state index is 10.5. The highest BCUT2D eigenvalue weighted by atomic mass is 127. The molecule has 1 N–H and O–H groups in total. The molecule has 0 aliphatic heterocycles. The van der Waals surface area contributed by atoms with Crippen molar-refractivity contribution in [3.63, 3.8) is 0 Å². The molecule has 0 aromatic heterocycles. The maximum Gasteiger partial charge on any atom is 0.269 e. The van der Waals surface area contributed by atoms with E-state index in [4.69, 9.17) is 0 Å². The Morgan fingerprint density at radius 2 is 1.85 bits per heavy atom. The van der Waals surface area contributed by atoms with Crippen LogP contribution in [0.15, 0.2) is 41.4 Å². The van der Waals surface area contributed by atoms with Crippen molar-refractivity contribution in [1.29, 1.82) is 0 Å². The SMILES string of the molecule is O=[N+]([O-])c1ccc(N=Cc2cc(I)cc(I)c2O)cc1. The number of phenols is 1. The third-order valence-electron chi connectivity index (χ3n) is 2.47. The first-order valence-corrected chi connectivity index (χ1v) is 7.59. The normalized spacial score (nSPS) is 10.9. The predicted octanol–water partition coefficient (Wildman–Crippen LogP) is 4.26. The van der Waals surface area contributed by atoms with Crippen molar-refractivity contribution in [3.05, 3.63) is 59.2 Å². The van der Waals surface area contributed by atoms with Crippen LogP contribution in [0.25, 0.3) is 0 Å². The summed E-state index contributed by atoms with van der Waals surface area (Å²) in [7, 11) is 0. The predicted molar refractivity (Wildman–Crippen MR) is 93.9 cm³/mol. The molecule has 7 heteroatoms. The number of aromatic hydroxyl groups is 1. The van der Waals surface area contributed by atoms with Gasteiger partial charge in [0, 0.05) is 27.5 Å². The molecule has 0 atom stereocenters. The second-order valence-electron chi connectivity index (χ2n) is 3.86. The van der Waals surface area contributed by atoms with Gasteiger partial charge in [0.05, 0.1) is 14.2 Å². The van der Waals surface area contributed by atoms with Gasteiger partial charge in [-0.15, -0.1) is 0 Å². The number of nitro benzene ring substituents is 1. The number of aliphatic imine (C=N–C) groups is 1. The fourth-order valence-electron chi connectivity index (χ4n) is 1.49. The molecule has 0 aliphatic carbocycles. The number of hydrogen-bond donors (Lipinski definition) is 1. The summed E-state index contributed by atoms with van der Waals surface area (Å²) in [5.74, 6) is 0.177. The first-order chi connectivity index (χ1) is 9.47. The molecule has 2 aromatic rings. The van der Waals surface area contributed by atoms with E-state index >= 15 is 0 Å². The molecular weight excluding hydrogens is 486 g/mol. The first kappa shape index (κ1) is 15.2. The summed E-state index contributed by atoms with van der Waals surface area (Å²) in [5.41, 5.74) is 1.22. The number of nitrogens with zero attached hydrogens (tertiary/aromatic N) is 2. The van der Waals surface area contributed by atoms with Crippen LogP contribution in [-0.2, 0) is 0 Å². The van der Waals surface area contributed by atoms with Crippen molar-refractivity contribution in [2.45, 2.75) is 0 Å². The van der Waals surface area contributed by atoms with E-state index in [1.165, 1.54) is 12.1 Å². The number of rotatable bonds is 3. The largest absolute Gasteiger partial charge is 0.506 e. The third kappa shape index (κ3) is 3.66. The maximum atomic E-state index is 10.5. The summed E-state index contributed by atoms with van der Waals surface area (Å²) in [5, 5.41) is 20.5. The van der Waals surface area contributed by atoms with Crippen LogP contribution in [0.5, 0.6) is 5.75 Å². The highest BCUT2D eigenvalue weighted by Gasteiger charge is 2.06. The molecule has 0 amide bonds. The van der Waals surface area contributed by atoms with Crippen LogP contribution < -0.4 is 0 Å². The van der Waals surface area contributed by atoms with Crippen LogP contribution in [0.4, 0.5) is 11.4 Å². The lowest BCUT2D eigenvalue weighted by Crippen LogP contribution is -1.88. The van der Waals surface area contributed by atoms with Gasteiger partial charge in [0.15, 0.2) is 0 Å². The molecule has 0 saturated heterocycles. The molecule has 2 aromatic carbocycles.